The summed E-state index contributed by atoms with van der Waals surface area (Å²) in [4.78, 5) is 18.7. The first-order chi connectivity index (χ1) is 10.7. The molecule has 22 heavy (non-hydrogen) atoms. The van der Waals surface area contributed by atoms with E-state index in [4.69, 9.17) is 16.3 Å². The molecule has 1 fully saturated rings. The van der Waals surface area contributed by atoms with Gasteiger partial charge in [-0.1, -0.05) is 41.9 Å². The fraction of sp³-hybridized carbons (Fsp3) is 0.250. The van der Waals surface area contributed by atoms with Gasteiger partial charge in [0.15, 0.2) is 5.17 Å². The standard InChI is InChI=1S/C16H15ClN2O2S/c17-13(10-12-4-2-1-3-5-12)11-14-15(20)18-16(22-14)19-6-8-21-9-7-19/h1-5,10-11H,6-9H2/b13-10-,14-11-. The summed E-state index contributed by atoms with van der Waals surface area (Å²) in [5, 5.41) is 1.25. The Morgan fingerprint density at radius 2 is 2.00 bits per heavy atom. The summed E-state index contributed by atoms with van der Waals surface area (Å²) >= 11 is 7.60. The second kappa shape index (κ2) is 7.13. The molecule has 1 saturated heterocycles. The van der Waals surface area contributed by atoms with Gasteiger partial charge >= 0.3 is 0 Å². The maximum absolute atomic E-state index is 12.0. The van der Waals surface area contributed by atoms with Crippen LogP contribution in [0.5, 0.6) is 0 Å². The van der Waals surface area contributed by atoms with Crippen molar-refractivity contribution in [3.8, 4) is 0 Å². The second-order valence-electron chi connectivity index (χ2n) is 4.85. The number of aliphatic imine (C=N–C) groups is 1. The Balaban J connectivity index is 1.71. The van der Waals surface area contributed by atoms with Crippen molar-refractivity contribution in [2.75, 3.05) is 26.3 Å². The van der Waals surface area contributed by atoms with E-state index in [-0.39, 0.29) is 5.91 Å². The lowest BCUT2D eigenvalue weighted by molar-refractivity contribution is -0.113. The van der Waals surface area contributed by atoms with E-state index in [0.717, 1.165) is 23.8 Å². The summed E-state index contributed by atoms with van der Waals surface area (Å²) in [6, 6.07) is 9.75. The average Bonchev–Trinajstić information content (AvgIpc) is 2.90. The lowest BCUT2D eigenvalue weighted by atomic mass is 10.2. The average molecular weight is 335 g/mol. The molecule has 0 radical (unpaired) electrons. The van der Waals surface area contributed by atoms with Crippen molar-refractivity contribution in [1.29, 1.82) is 0 Å². The number of hydrogen-bond donors (Lipinski definition) is 0. The zero-order chi connectivity index (χ0) is 15.4. The Kier molecular flexibility index (Phi) is 4.97. The van der Waals surface area contributed by atoms with Crippen molar-refractivity contribution in [2.24, 2.45) is 4.99 Å². The van der Waals surface area contributed by atoms with Gasteiger partial charge in [-0.05, 0) is 29.5 Å². The summed E-state index contributed by atoms with van der Waals surface area (Å²) in [5.41, 5.74) is 0.995. The lowest BCUT2D eigenvalue weighted by Gasteiger charge is -2.27. The molecule has 0 aromatic heterocycles. The number of rotatable bonds is 2. The quantitative estimate of drug-likeness (QED) is 0.779. The topological polar surface area (TPSA) is 41.9 Å². The van der Waals surface area contributed by atoms with Gasteiger partial charge in [-0.25, -0.2) is 0 Å². The molecule has 2 heterocycles. The Labute approximate surface area is 138 Å². The van der Waals surface area contributed by atoms with Crippen LogP contribution in [0.2, 0.25) is 0 Å². The van der Waals surface area contributed by atoms with Crippen LogP contribution in [0.3, 0.4) is 0 Å². The number of thioether (sulfide) groups is 1. The van der Waals surface area contributed by atoms with Crippen molar-refractivity contribution in [3.05, 3.63) is 51.9 Å². The van der Waals surface area contributed by atoms with E-state index in [1.807, 2.05) is 36.4 Å². The van der Waals surface area contributed by atoms with Crippen LogP contribution < -0.4 is 0 Å². The summed E-state index contributed by atoms with van der Waals surface area (Å²) in [5.74, 6) is -0.230. The van der Waals surface area contributed by atoms with Gasteiger partial charge in [-0.15, -0.1) is 0 Å². The molecule has 0 bridgehead atoms. The normalized spacial score (nSPS) is 21.4. The Morgan fingerprint density at radius 1 is 1.27 bits per heavy atom. The fourth-order valence-electron chi connectivity index (χ4n) is 2.16. The number of carbonyl (C=O) groups excluding carboxylic acids is 1. The number of benzene rings is 1. The molecule has 2 aliphatic heterocycles. The second-order valence-corrected chi connectivity index (χ2v) is 6.30. The third kappa shape index (κ3) is 3.80. The van der Waals surface area contributed by atoms with Gasteiger partial charge in [0.25, 0.3) is 5.91 Å². The monoisotopic (exact) mass is 334 g/mol. The molecular weight excluding hydrogens is 320 g/mol. The van der Waals surface area contributed by atoms with Crippen LogP contribution in [0.15, 0.2) is 51.3 Å². The molecule has 114 valence electrons. The Bertz CT molecular complexity index is 649. The summed E-state index contributed by atoms with van der Waals surface area (Å²) in [6.45, 7) is 2.86. The predicted octanol–water partition coefficient (Wildman–Crippen LogP) is 3.11. The minimum absolute atomic E-state index is 0.230. The van der Waals surface area contributed by atoms with Crippen LogP contribution in [0.4, 0.5) is 0 Å². The number of amidine groups is 1. The molecular formula is C16H15ClN2O2S. The van der Waals surface area contributed by atoms with E-state index in [9.17, 15) is 4.79 Å². The minimum Gasteiger partial charge on any atom is -0.378 e. The predicted molar refractivity (Wildman–Crippen MR) is 90.8 cm³/mol. The molecule has 0 unspecified atom stereocenters. The van der Waals surface area contributed by atoms with Crippen molar-refractivity contribution >= 4 is 40.5 Å². The largest absolute Gasteiger partial charge is 0.378 e. The number of allylic oxidation sites excluding steroid dienone is 2. The highest BCUT2D eigenvalue weighted by Gasteiger charge is 2.27. The lowest BCUT2D eigenvalue weighted by Crippen LogP contribution is -2.38. The van der Waals surface area contributed by atoms with E-state index in [1.54, 1.807) is 6.08 Å². The molecule has 6 heteroatoms. The first-order valence-corrected chi connectivity index (χ1v) is 8.19. The van der Waals surface area contributed by atoms with Crippen LogP contribution in [0.25, 0.3) is 6.08 Å². The maximum atomic E-state index is 12.0. The SMILES string of the molecule is O=C1N=C(N2CCOCC2)S/C1=C\C(Cl)=C\c1ccccc1. The molecule has 3 rings (SSSR count). The van der Waals surface area contributed by atoms with Crippen molar-refractivity contribution in [1.82, 2.24) is 4.90 Å². The number of ether oxygens (including phenoxy) is 1. The van der Waals surface area contributed by atoms with Crippen LogP contribution in [0, 0.1) is 0 Å². The van der Waals surface area contributed by atoms with Gasteiger partial charge in [0.1, 0.15) is 0 Å². The molecule has 2 aliphatic rings. The van der Waals surface area contributed by atoms with E-state index < -0.39 is 0 Å². The zero-order valence-electron chi connectivity index (χ0n) is 11.9. The first-order valence-electron chi connectivity index (χ1n) is 7.00. The highest BCUT2D eigenvalue weighted by Crippen LogP contribution is 2.30. The molecule has 0 aliphatic carbocycles. The van der Waals surface area contributed by atoms with Crippen LogP contribution in [-0.4, -0.2) is 42.3 Å². The number of nitrogens with zero attached hydrogens (tertiary/aromatic N) is 2. The molecule has 0 atom stereocenters. The molecule has 1 amide bonds. The summed E-state index contributed by atoms with van der Waals surface area (Å²) in [6.07, 6.45) is 3.51. The first kappa shape index (κ1) is 15.3. The highest BCUT2D eigenvalue weighted by molar-refractivity contribution is 8.18. The zero-order valence-corrected chi connectivity index (χ0v) is 13.4. The number of hydrogen-bond acceptors (Lipinski definition) is 4. The molecule has 1 aromatic carbocycles. The number of carbonyl (C=O) groups is 1. The molecule has 0 N–H and O–H groups in total. The summed E-state index contributed by atoms with van der Waals surface area (Å²) < 4.78 is 5.31. The Hall–Kier alpha value is -1.56. The van der Waals surface area contributed by atoms with Crippen LogP contribution in [0.1, 0.15) is 5.56 Å². The van der Waals surface area contributed by atoms with E-state index >= 15 is 0 Å². The third-order valence-electron chi connectivity index (χ3n) is 3.26. The fourth-order valence-corrected chi connectivity index (χ4v) is 3.42. The van der Waals surface area contributed by atoms with Crippen LogP contribution >= 0.6 is 23.4 Å². The summed E-state index contributed by atoms with van der Waals surface area (Å²) in [7, 11) is 0. The van der Waals surface area contributed by atoms with Crippen LogP contribution in [-0.2, 0) is 9.53 Å². The molecule has 4 nitrogen and oxygen atoms in total. The van der Waals surface area contributed by atoms with Gasteiger partial charge in [0, 0.05) is 18.1 Å². The number of morpholine rings is 1. The minimum atomic E-state index is -0.230. The number of amides is 1. The Morgan fingerprint density at radius 3 is 2.73 bits per heavy atom. The number of halogens is 1. The van der Waals surface area contributed by atoms with Crippen molar-refractivity contribution < 1.29 is 9.53 Å². The van der Waals surface area contributed by atoms with E-state index in [0.29, 0.717) is 23.2 Å². The smallest absolute Gasteiger partial charge is 0.286 e. The van der Waals surface area contributed by atoms with Gasteiger partial charge < -0.3 is 9.64 Å². The van der Waals surface area contributed by atoms with Gasteiger partial charge in [0.05, 0.1) is 18.1 Å². The highest BCUT2D eigenvalue weighted by atomic mass is 35.5. The van der Waals surface area contributed by atoms with E-state index in [1.165, 1.54) is 11.8 Å². The van der Waals surface area contributed by atoms with Crippen molar-refractivity contribution in [2.45, 2.75) is 0 Å². The molecule has 0 saturated carbocycles. The van der Waals surface area contributed by atoms with Gasteiger partial charge in [0.2, 0.25) is 0 Å². The van der Waals surface area contributed by atoms with Gasteiger partial charge in [-0.3, -0.25) is 4.79 Å². The molecule has 0 spiro atoms. The van der Waals surface area contributed by atoms with E-state index in [2.05, 4.69) is 9.89 Å². The third-order valence-corrected chi connectivity index (χ3v) is 4.53. The van der Waals surface area contributed by atoms with Gasteiger partial charge in [-0.2, -0.15) is 4.99 Å². The maximum Gasteiger partial charge on any atom is 0.286 e. The molecule has 1 aromatic rings. The van der Waals surface area contributed by atoms with Crippen molar-refractivity contribution in [3.63, 3.8) is 0 Å².